The van der Waals surface area contributed by atoms with Gasteiger partial charge in [0.25, 0.3) is 0 Å². The fourth-order valence-electron chi connectivity index (χ4n) is 2.17. The summed E-state index contributed by atoms with van der Waals surface area (Å²) in [5.74, 6) is 5.91. The van der Waals surface area contributed by atoms with E-state index in [-0.39, 0.29) is 16.1 Å². The molecule has 8 heteroatoms. The van der Waals surface area contributed by atoms with Crippen LogP contribution in [-0.2, 0) is 10.0 Å². The second kappa shape index (κ2) is 5.59. The van der Waals surface area contributed by atoms with Crippen molar-refractivity contribution in [2.45, 2.75) is 31.6 Å². The molecule has 1 fully saturated rings. The summed E-state index contributed by atoms with van der Waals surface area (Å²) in [6.07, 6.45) is 3.61. The topological polar surface area (TPSA) is 97.1 Å². The van der Waals surface area contributed by atoms with Crippen LogP contribution in [0.3, 0.4) is 0 Å². The van der Waals surface area contributed by atoms with E-state index in [0.29, 0.717) is 16.9 Å². The Morgan fingerprint density at radius 2 is 2.15 bits per heavy atom. The van der Waals surface area contributed by atoms with E-state index >= 15 is 0 Å². The number of pyridine rings is 1. The van der Waals surface area contributed by atoms with E-state index in [1.807, 2.05) is 0 Å². The van der Waals surface area contributed by atoms with Crippen LogP contribution in [0.15, 0.2) is 21.6 Å². The number of rotatable bonds is 6. The SMILES string of the molecule is CC(C)C1(CNS(=O)(=O)c2cc(Br)cnc2NN)CC1. The Morgan fingerprint density at radius 3 is 2.65 bits per heavy atom. The third-order valence-corrected chi connectivity index (χ3v) is 5.83. The first-order chi connectivity index (χ1) is 9.31. The van der Waals surface area contributed by atoms with Gasteiger partial charge in [0.05, 0.1) is 0 Å². The molecule has 0 spiro atoms. The first-order valence-electron chi connectivity index (χ1n) is 6.42. The Kier molecular flexibility index (Phi) is 4.38. The number of sulfonamides is 1. The number of hydrazine groups is 1. The van der Waals surface area contributed by atoms with E-state index in [1.54, 1.807) is 0 Å². The minimum absolute atomic E-state index is 0.0499. The van der Waals surface area contributed by atoms with Crippen LogP contribution in [0.5, 0.6) is 0 Å². The lowest BCUT2D eigenvalue weighted by molar-refractivity contribution is 0.357. The summed E-state index contributed by atoms with van der Waals surface area (Å²) in [6, 6.07) is 1.49. The highest BCUT2D eigenvalue weighted by Crippen LogP contribution is 2.51. The average Bonchev–Trinajstić information content (AvgIpc) is 3.18. The summed E-state index contributed by atoms with van der Waals surface area (Å²) >= 11 is 3.22. The van der Waals surface area contributed by atoms with E-state index in [1.165, 1.54) is 12.3 Å². The van der Waals surface area contributed by atoms with Crippen molar-refractivity contribution in [3.63, 3.8) is 0 Å². The highest BCUT2D eigenvalue weighted by molar-refractivity contribution is 9.10. The molecule has 0 radical (unpaired) electrons. The van der Waals surface area contributed by atoms with Crippen LogP contribution in [0.2, 0.25) is 0 Å². The fourth-order valence-corrected chi connectivity index (χ4v) is 3.93. The van der Waals surface area contributed by atoms with Gasteiger partial charge < -0.3 is 5.43 Å². The summed E-state index contributed by atoms with van der Waals surface area (Å²) in [7, 11) is -3.64. The quantitative estimate of drug-likeness (QED) is 0.529. The second-order valence-corrected chi connectivity index (χ2v) is 8.14. The molecule has 1 aromatic rings. The maximum Gasteiger partial charge on any atom is 0.244 e. The predicted molar refractivity (Wildman–Crippen MR) is 81.4 cm³/mol. The first kappa shape index (κ1) is 15.7. The van der Waals surface area contributed by atoms with Crippen molar-refractivity contribution < 1.29 is 8.42 Å². The van der Waals surface area contributed by atoms with Gasteiger partial charge in [-0.25, -0.2) is 24.0 Å². The lowest BCUT2D eigenvalue weighted by Gasteiger charge is -2.20. The molecule has 1 aliphatic rings. The number of hydrogen-bond donors (Lipinski definition) is 3. The Morgan fingerprint density at radius 1 is 1.50 bits per heavy atom. The Labute approximate surface area is 127 Å². The third-order valence-electron chi connectivity index (χ3n) is 3.98. The van der Waals surface area contributed by atoms with Crippen LogP contribution in [0.1, 0.15) is 26.7 Å². The highest BCUT2D eigenvalue weighted by atomic mass is 79.9. The molecule has 0 amide bonds. The number of nitrogen functional groups attached to an aromatic ring is 1. The molecule has 0 atom stereocenters. The summed E-state index contributed by atoms with van der Waals surface area (Å²) in [4.78, 5) is 4.01. The molecular weight excluding hydrogens is 344 g/mol. The molecule has 2 rings (SSSR count). The van der Waals surface area contributed by atoms with E-state index in [0.717, 1.165) is 12.8 Å². The molecule has 1 aliphatic carbocycles. The van der Waals surface area contributed by atoms with E-state index in [2.05, 4.69) is 44.9 Å². The number of nitrogens with two attached hydrogens (primary N) is 1. The molecule has 0 unspecified atom stereocenters. The molecule has 0 saturated heterocycles. The van der Waals surface area contributed by atoms with Crippen LogP contribution in [0.4, 0.5) is 5.82 Å². The molecule has 1 heterocycles. The number of anilines is 1. The van der Waals surface area contributed by atoms with Crippen molar-refractivity contribution >= 4 is 31.8 Å². The Balaban J connectivity index is 2.21. The van der Waals surface area contributed by atoms with E-state index < -0.39 is 10.0 Å². The zero-order valence-corrected chi connectivity index (χ0v) is 13.9. The fraction of sp³-hybridized carbons (Fsp3) is 0.583. The van der Waals surface area contributed by atoms with Crippen LogP contribution in [0.25, 0.3) is 0 Å². The van der Waals surface area contributed by atoms with Gasteiger partial charge in [-0.05, 0) is 46.2 Å². The molecule has 1 aromatic heterocycles. The van der Waals surface area contributed by atoms with Crippen molar-refractivity contribution in [1.82, 2.24) is 9.71 Å². The molecule has 20 heavy (non-hydrogen) atoms. The second-order valence-electron chi connectivity index (χ2n) is 5.49. The lowest BCUT2D eigenvalue weighted by Crippen LogP contribution is -2.33. The Hall–Kier alpha value is -0.700. The summed E-state index contributed by atoms with van der Waals surface area (Å²) in [5, 5.41) is 0. The smallest absolute Gasteiger partial charge is 0.244 e. The molecule has 0 aliphatic heterocycles. The maximum absolute atomic E-state index is 12.4. The van der Waals surface area contributed by atoms with Crippen LogP contribution in [0, 0.1) is 11.3 Å². The minimum Gasteiger partial charge on any atom is -0.307 e. The van der Waals surface area contributed by atoms with E-state index in [4.69, 9.17) is 5.84 Å². The highest BCUT2D eigenvalue weighted by Gasteiger charge is 2.45. The summed E-state index contributed by atoms with van der Waals surface area (Å²) in [5.41, 5.74) is 2.41. The largest absolute Gasteiger partial charge is 0.307 e. The van der Waals surface area contributed by atoms with Gasteiger partial charge in [0.15, 0.2) is 5.82 Å². The third kappa shape index (κ3) is 3.13. The lowest BCUT2D eigenvalue weighted by atomic mass is 9.93. The van der Waals surface area contributed by atoms with Crippen molar-refractivity contribution in [3.8, 4) is 0 Å². The number of halogens is 1. The predicted octanol–water partition coefficient (Wildman–Crippen LogP) is 1.84. The number of nitrogens with one attached hydrogen (secondary N) is 2. The zero-order valence-electron chi connectivity index (χ0n) is 11.5. The van der Waals surface area contributed by atoms with Gasteiger partial charge in [0.1, 0.15) is 4.90 Å². The zero-order chi connectivity index (χ0) is 15.0. The van der Waals surface area contributed by atoms with Gasteiger partial charge in [-0.1, -0.05) is 13.8 Å². The minimum atomic E-state index is -3.64. The van der Waals surface area contributed by atoms with Gasteiger partial charge in [0.2, 0.25) is 10.0 Å². The van der Waals surface area contributed by atoms with Crippen molar-refractivity contribution in [1.29, 1.82) is 0 Å². The van der Waals surface area contributed by atoms with Gasteiger partial charge in [0, 0.05) is 17.2 Å². The molecule has 6 nitrogen and oxygen atoms in total. The van der Waals surface area contributed by atoms with Crippen molar-refractivity contribution in [2.75, 3.05) is 12.0 Å². The number of nitrogens with zero attached hydrogens (tertiary/aromatic N) is 1. The molecule has 1 saturated carbocycles. The standard InChI is InChI=1S/C12H19BrN4O2S/c1-8(2)12(3-4-12)7-16-20(18,19)10-5-9(13)6-15-11(10)17-14/h5-6,8,16H,3-4,7,14H2,1-2H3,(H,15,17). The van der Waals surface area contributed by atoms with Gasteiger partial charge in [-0.15, -0.1) is 0 Å². The summed E-state index contributed by atoms with van der Waals surface area (Å²) in [6.45, 7) is 4.69. The van der Waals surface area contributed by atoms with Gasteiger partial charge in [-0.3, -0.25) is 0 Å². The Bertz CT molecular complexity index is 599. The molecular formula is C12H19BrN4O2S. The summed E-state index contributed by atoms with van der Waals surface area (Å²) < 4.78 is 28.0. The van der Waals surface area contributed by atoms with Gasteiger partial charge >= 0.3 is 0 Å². The average molecular weight is 363 g/mol. The molecule has 0 aromatic carbocycles. The van der Waals surface area contributed by atoms with Gasteiger partial charge in [-0.2, -0.15) is 0 Å². The normalized spacial score (nSPS) is 17.2. The maximum atomic E-state index is 12.4. The van der Waals surface area contributed by atoms with E-state index in [9.17, 15) is 8.42 Å². The van der Waals surface area contributed by atoms with Crippen LogP contribution < -0.4 is 16.0 Å². The number of hydrogen-bond acceptors (Lipinski definition) is 5. The van der Waals surface area contributed by atoms with Crippen LogP contribution in [-0.4, -0.2) is 19.9 Å². The number of aromatic nitrogens is 1. The molecule has 112 valence electrons. The monoisotopic (exact) mass is 362 g/mol. The van der Waals surface area contributed by atoms with Crippen LogP contribution >= 0.6 is 15.9 Å². The molecule has 0 bridgehead atoms. The molecule has 4 N–H and O–H groups in total. The van der Waals surface area contributed by atoms with Crippen molar-refractivity contribution in [2.24, 2.45) is 17.2 Å². The first-order valence-corrected chi connectivity index (χ1v) is 8.70. The van der Waals surface area contributed by atoms with Crippen molar-refractivity contribution in [3.05, 3.63) is 16.7 Å².